The molecule has 3 aliphatic rings. The predicted octanol–water partition coefficient (Wildman–Crippen LogP) is 3.19. The molecule has 1 atom stereocenters. The lowest BCUT2D eigenvalue weighted by atomic mass is 9.87. The number of carbonyl (C=O) groups is 1. The summed E-state index contributed by atoms with van der Waals surface area (Å²) in [6, 6.07) is 5.70. The molecule has 2 saturated heterocycles. The van der Waals surface area contributed by atoms with Crippen LogP contribution in [0.4, 0.5) is 0 Å². The topological polar surface area (TPSA) is 51.7 Å². The lowest BCUT2D eigenvalue weighted by Crippen LogP contribution is -2.47. The van der Waals surface area contributed by atoms with Crippen LogP contribution in [0.2, 0.25) is 0 Å². The minimum atomic E-state index is -0.108. The van der Waals surface area contributed by atoms with Crippen molar-refractivity contribution in [3.05, 3.63) is 24.4 Å². The van der Waals surface area contributed by atoms with Crippen molar-refractivity contribution in [3.8, 4) is 5.88 Å². The smallest absolute Gasteiger partial charge is 0.222 e. The fourth-order valence-corrected chi connectivity index (χ4v) is 4.57. The molecular weight excluding hydrogens is 316 g/mol. The molecule has 1 spiro atoms. The number of nitrogens with zero attached hydrogens (tertiary/aromatic N) is 2. The Morgan fingerprint density at radius 1 is 1.28 bits per heavy atom. The van der Waals surface area contributed by atoms with Crippen LogP contribution in [0.25, 0.3) is 0 Å². The first-order chi connectivity index (χ1) is 12.2. The van der Waals surface area contributed by atoms with Gasteiger partial charge in [0, 0.05) is 38.2 Å². The summed E-state index contributed by atoms with van der Waals surface area (Å²) in [7, 11) is 0. The molecule has 1 unspecified atom stereocenters. The van der Waals surface area contributed by atoms with Crippen LogP contribution in [-0.4, -0.2) is 47.2 Å². The summed E-state index contributed by atoms with van der Waals surface area (Å²) in [6.07, 6.45) is 10.4. The van der Waals surface area contributed by atoms with Gasteiger partial charge in [-0.15, -0.1) is 0 Å². The van der Waals surface area contributed by atoms with Gasteiger partial charge in [-0.1, -0.05) is 18.9 Å². The molecule has 2 aliphatic heterocycles. The molecule has 5 nitrogen and oxygen atoms in total. The highest BCUT2D eigenvalue weighted by Gasteiger charge is 2.44. The summed E-state index contributed by atoms with van der Waals surface area (Å²) < 4.78 is 12.1. The number of aromatic nitrogens is 1. The van der Waals surface area contributed by atoms with E-state index in [4.69, 9.17) is 9.47 Å². The van der Waals surface area contributed by atoms with E-state index in [1.54, 1.807) is 6.20 Å². The molecule has 0 N–H and O–H groups in total. The zero-order valence-corrected chi connectivity index (χ0v) is 14.9. The summed E-state index contributed by atoms with van der Waals surface area (Å²) in [5, 5.41) is 0. The lowest BCUT2D eigenvalue weighted by molar-refractivity contribution is -0.137. The highest BCUT2D eigenvalue weighted by Crippen LogP contribution is 2.37. The monoisotopic (exact) mass is 344 g/mol. The summed E-state index contributed by atoms with van der Waals surface area (Å²) >= 11 is 0. The van der Waals surface area contributed by atoms with Gasteiger partial charge in [-0.2, -0.15) is 0 Å². The van der Waals surface area contributed by atoms with Gasteiger partial charge in [-0.05, 0) is 37.7 Å². The Kier molecular flexibility index (Phi) is 4.93. The van der Waals surface area contributed by atoms with E-state index in [-0.39, 0.29) is 11.7 Å². The number of pyridine rings is 1. The highest BCUT2D eigenvalue weighted by atomic mass is 16.6. The van der Waals surface area contributed by atoms with Crippen molar-refractivity contribution in [2.24, 2.45) is 5.92 Å². The third-order valence-electron chi connectivity index (χ3n) is 6.07. The van der Waals surface area contributed by atoms with E-state index in [1.165, 1.54) is 25.7 Å². The van der Waals surface area contributed by atoms with Crippen LogP contribution in [0.15, 0.2) is 24.4 Å². The van der Waals surface area contributed by atoms with Crippen LogP contribution in [0.1, 0.15) is 51.4 Å². The van der Waals surface area contributed by atoms with Crippen LogP contribution in [0.5, 0.6) is 5.88 Å². The van der Waals surface area contributed by atoms with E-state index in [2.05, 4.69) is 9.88 Å². The zero-order valence-electron chi connectivity index (χ0n) is 14.9. The molecule has 0 aromatic carbocycles. The molecule has 136 valence electrons. The van der Waals surface area contributed by atoms with Gasteiger partial charge in [-0.3, -0.25) is 4.79 Å². The number of ether oxygens (including phenoxy) is 2. The zero-order chi connectivity index (χ0) is 17.1. The van der Waals surface area contributed by atoms with Crippen LogP contribution in [0, 0.1) is 5.92 Å². The van der Waals surface area contributed by atoms with Crippen molar-refractivity contribution in [1.29, 1.82) is 0 Å². The summed E-state index contributed by atoms with van der Waals surface area (Å²) in [5.74, 6) is 1.64. The molecule has 1 aliphatic carbocycles. The predicted molar refractivity (Wildman–Crippen MR) is 94.3 cm³/mol. The number of piperidine rings is 1. The second-order valence-corrected chi connectivity index (χ2v) is 7.84. The molecule has 1 aromatic heterocycles. The molecule has 0 radical (unpaired) electrons. The first-order valence-electron chi connectivity index (χ1n) is 9.72. The van der Waals surface area contributed by atoms with Crippen LogP contribution in [-0.2, 0) is 9.53 Å². The van der Waals surface area contributed by atoms with Gasteiger partial charge >= 0.3 is 0 Å². The van der Waals surface area contributed by atoms with Gasteiger partial charge in [0.05, 0.1) is 12.2 Å². The minimum Gasteiger partial charge on any atom is -0.472 e. The fourth-order valence-electron chi connectivity index (χ4n) is 4.57. The molecule has 3 fully saturated rings. The molecule has 4 rings (SSSR count). The average Bonchev–Trinajstić information content (AvgIpc) is 3.27. The third-order valence-corrected chi connectivity index (χ3v) is 6.07. The van der Waals surface area contributed by atoms with E-state index < -0.39 is 0 Å². The van der Waals surface area contributed by atoms with Gasteiger partial charge in [0.1, 0.15) is 6.10 Å². The second-order valence-electron chi connectivity index (χ2n) is 7.84. The average molecular weight is 344 g/mol. The van der Waals surface area contributed by atoms with Gasteiger partial charge in [0.2, 0.25) is 11.8 Å². The van der Waals surface area contributed by atoms with Gasteiger partial charge < -0.3 is 14.4 Å². The van der Waals surface area contributed by atoms with Crippen molar-refractivity contribution >= 4 is 5.91 Å². The van der Waals surface area contributed by atoms with E-state index >= 15 is 0 Å². The third kappa shape index (κ3) is 3.97. The van der Waals surface area contributed by atoms with E-state index in [0.29, 0.717) is 24.3 Å². The second kappa shape index (κ2) is 7.32. The molecular formula is C20H28N2O3. The number of rotatable bonds is 4. The Hall–Kier alpha value is -1.62. The Morgan fingerprint density at radius 2 is 2.08 bits per heavy atom. The number of hydrogen-bond donors (Lipinski definition) is 0. The molecule has 1 aromatic rings. The maximum Gasteiger partial charge on any atom is 0.222 e. The highest BCUT2D eigenvalue weighted by molar-refractivity contribution is 5.76. The number of likely N-dealkylation sites (tertiary alicyclic amines) is 1. The van der Waals surface area contributed by atoms with Gasteiger partial charge in [0.25, 0.3) is 0 Å². The lowest BCUT2D eigenvalue weighted by Gasteiger charge is -2.38. The molecule has 25 heavy (non-hydrogen) atoms. The van der Waals surface area contributed by atoms with E-state index in [9.17, 15) is 4.79 Å². The first kappa shape index (κ1) is 16.8. The van der Waals surface area contributed by atoms with Crippen LogP contribution in [0.3, 0.4) is 0 Å². The van der Waals surface area contributed by atoms with Crippen molar-refractivity contribution in [2.45, 2.75) is 63.1 Å². The number of hydrogen-bond acceptors (Lipinski definition) is 4. The maximum absolute atomic E-state index is 12.5. The summed E-state index contributed by atoms with van der Waals surface area (Å²) in [4.78, 5) is 18.8. The Labute approximate surface area is 149 Å². The Morgan fingerprint density at radius 3 is 2.80 bits per heavy atom. The largest absolute Gasteiger partial charge is 0.472 e. The number of amides is 1. The molecule has 5 heteroatoms. The normalized spacial score (nSPS) is 26.2. The van der Waals surface area contributed by atoms with Crippen molar-refractivity contribution in [3.63, 3.8) is 0 Å². The van der Waals surface area contributed by atoms with Crippen molar-refractivity contribution in [1.82, 2.24) is 9.88 Å². The molecule has 1 saturated carbocycles. The maximum atomic E-state index is 12.5. The summed E-state index contributed by atoms with van der Waals surface area (Å²) in [6.45, 7) is 2.26. The molecule has 3 heterocycles. The van der Waals surface area contributed by atoms with E-state index in [1.807, 2.05) is 18.2 Å². The van der Waals surface area contributed by atoms with E-state index in [0.717, 1.165) is 38.8 Å². The van der Waals surface area contributed by atoms with Crippen LogP contribution < -0.4 is 4.74 Å². The minimum absolute atomic E-state index is 0.0654. The molecule has 0 bridgehead atoms. The standard InChI is InChI=1S/C20H28N2O3/c23-19(13-16-5-1-2-6-16)22-11-8-20(9-12-22)14-17(15-24-20)25-18-7-3-4-10-21-18/h3-4,7,10,16-17H,1-2,5-6,8-9,11-15H2. The van der Waals surface area contributed by atoms with Gasteiger partial charge in [0.15, 0.2) is 0 Å². The van der Waals surface area contributed by atoms with Crippen LogP contribution >= 0.6 is 0 Å². The molecule has 1 amide bonds. The quantitative estimate of drug-likeness (QED) is 0.842. The fraction of sp³-hybridized carbons (Fsp3) is 0.700. The summed E-state index contributed by atoms with van der Waals surface area (Å²) in [5.41, 5.74) is -0.108. The number of carbonyl (C=O) groups excluding carboxylic acids is 1. The van der Waals surface area contributed by atoms with Crippen molar-refractivity contribution in [2.75, 3.05) is 19.7 Å². The van der Waals surface area contributed by atoms with Gasteiger partial charge in [-0.25, -0.2) is 4.98 Å². The Balaban J connectivity index is 1.26. The Bertz CT molecular complexity index is 578. The SMILES string of the molecule is O=C(CC1CCCC1)N1CCC2(CC1)CC(Oc1ccccn1)CO2. The van der Waals surface area contributed by atoms with Crippen molar-refractivity contribution < 1.29 is 14.3 Å². The first-order valence-corrected chi connectivity index (χ1v) is 9.72.